The Balaban J connectivity index is 2.14. The molecule has 6 nitrogen and oxygen atoms in total. The minimum Gasteiger partial charge on any atom is -0.487 e. The Hall–Kier alpha value is -2.81. The van der Waals surface area contributed by atoms with E-state index in [-0.39, 0.29) is 6.61 Å². The van der Waals surface area contributed by atoms with Crippen molar-refractivity contribution < 1.29 is 14.3 Å². The van der Waals surface area contributed by atoms with Gasteiger partial charge < -0.3 is 9.47 Å². The summed E-state index contributed by atoms with van der Waals surface area (Å²) in [6.45, 7) is 2.22. The van der Waals surface area contributed by atoms with Crippen LogP contribution >= 0.6 is 0 Å². The van der Waals surface area contributed by atoms with Crippen LogP contribution in [-0.4, -0.2) is 22.4 Å². The van der Waals surface area contributed by atoms with Crippen molar-refractivity contribution in [3.8, 4) is 11.8 Å². The van der Waals surface area contributed by atoms with Crippen molar-refractivity contribution >= 4 is 5.97 Å². The van der Waals surface area contributed by atoms with Gasteiger partial charge in [-0.05, 0) is 25.1 Å². The quantitative estimate of drug-likeness (QED) is 0.786. The van der Waals surface area contributed by atoms with Crippen molar-refractivity contribution in [2.75, 3.05) is 6.61 Å². The molecule has 0 saturated carbocycles. The van der Waals surface area contributed by atoms with E-state index < -0.39 is 5.97 Å². The third kappa shape index (κ3) is 3.39. The van der Waals surface area contributed by atoms with Crippen molar-refractivity contribution in [2.45, 2.75) is 13.5 Å². The minimum atomic E-state index is -0.421. The third-order valence-corrected chi connectivity index (χ3v) is 2.90. The number of aryl methyl sites for hydroxylation is 1. The molecule has 0 atom stereocenters. The Kier molecular flexibility index (Phi) is 4.57. The smallest absolute Gasteiger partial charge is 0.341 e. The largest absolute Gasteiger partial charge is 0.487 e. The number of nitriles is 1. The zero-order valence-electron chi connectivity index (χ0n) is 11.9. The van der Waals surface area contributed by atoms with Gasteiger partial charge >= 0.3 is 5.97 Å². The summed E-state index contributed by atoms with van der Waals surface area (Å²) in [6, 6.07) is 8.87. The number of hydrogen-bond acceptors (Lipinski definition) is 5. The SMILES string of the molecule is CCOC(=O)c1cnn(C)c1COc1cccc(C#N)c1. The third-order valence-electron chi connectivity index (χ3n) is 2.90. The lowest BCUT2D eigenvalue weighted by Gasteiger charge is -2.08. The fourth-order valence-electron chi connectivity index (χ4n) is 1.82. The van der Waals surface area contributed by atoms with Crippen LogP contribution < -0.4 is 4.74 Å². The average Bonchev–Trinajstić information content (AvgIpc) is 2.86. The molecule has 0 bridgehead atoms. The first-order chi connectivity index (χ1) is 10.2. The van der Waals surface area contributed by atoms with Gasteiger partial charge in [0.2, 0.25) is 0 Å². The average molecular weight is 285 g/mol. The summed E-state index contributed by atoms with van der Waals surface area (Å²) < 4.78 is 12.2. The maximum absolute atomic E-state index is 11.8. The second-order valence-electron chi connectivity index (χ2n) is 4.28. The predicted molar refractivity (Wildman–Crippen MR) is 74.7 cm³/mol. The van der Waals surface area contributed by atoms with E-state index in [0.29, 0.717) is 29.2 Å². The number of hydrogen-bond donors (Lipinski definition) is 0. The maximum Gasteiger partial charge on any atom is 0.341 e. The van der Waals surface area contributed by atoms with E-state index in [1.54, 1.807) is 42.9 Å². The summed E-state index contributed by atoms with van der Waals surface area (Å²) in [5.74, 6) is 0.139. The molecule has 1 heterocycles. The summed E-state index contributed by atoms with van der Waals surface area (Å²) in [4.78, 5) is 11.8. The van der Waals surface area contributed by atoms with Crippen LogP contribution in [0.25, 0.3) is 0 Å². The standard InChI is InChI=1S/C15H15N3O3/c1-3-20-15(19)13-9-17-18(2)14(13)10-21-12-6-4-5-11(7-12)8-16/h4-7,9H,3,10H2,1-2H3. The molecule has 0 spiro atoms. The van der Waals surface area contributed by atoms with Crippen LogP contribution in [-0.2, 0) is 18.4 Å². The molecule has 0 radical (unpaired) electrons. The lowest BCUT2D eigenvalue weighted by atomic mass is 10.2. The van der Waals surface area contributed by atoms with Crippen molar-refractivity contribution in [1.29, 1.82) is 5.26 Å². The molecule has 0 N–H and O–H groups in total. The summed E-state index contributed by atoms with van der Waals surface area (Å²) in [7, 11) is 1.73. The number of carbonyl (C=O) groups is 1. The minimum absolute atomic E-state index is 0.166. The first-order valence-corrected chi connectivity index (χ1v) is 6.46. The summed E-state index contributed by atoms with van der Waals surface area (Å²) in [6.07, 6.45) is 1.46. The summed E-state index contributed by atoms with van der Waals surface area (Å²) in [5, 5.41) is 12.9. The van der Waals surface area contributed by atoms with Gasteiger partial charge in [0.25, 0.3) is 0 Å². The van der Waals surface area contributed by atoms with Gasteiger partial charge in [-0.3, -0.25) is 4.68 Å². The van der Waals surface area contributed by atoms with Gasteiger partial charge in [-0.1, -0.05) is 6.07 Å². The molecule has 1 aromatic carbocycles. The molecule has 6 heteroatoms. The molecule has 0 amide bonds. The van der Waals surface area contributed by atoms with Crippen LogP contribution in [0.2, 0.25) is 0 Å². The van der Waals surface area contributed by atoms with Crippen molar-refractivity contribution in [3.63, 3.8) is 0 Å². The van der Waals surface area contributed by atoms with Gasteiger partial charge in [-0.15, -0.1) is 0 Å². The number of rotatable bonds is 5. The van der Waals surface area contributed by atoms with Gasteiger partial charge in [0.15, 0.2) is 0 Å². The number of carbonyl (C=O) groups excluding carboxylic acids is 1. The molecule has 2 aromatic rings. The second-order valence-corrected chi connectivity index (χ2v) is 4.28. The topological polar surface area (TPSA) is 77.1 Å². The normalized spacial score (nSPS) is 9.95. The van der Waals surface area contributed by atoms with E-state index >= 15 is 0 Å². The predicted octanol–water partition coefficient (Wildman–Crippen LogP) is 2.05. The lowest BCUT2D eigenvalue weighted by molar-refractivity contribution is 0.0523. The van der Waals surface area contributed by atoms with E-state index in [0.717, 1.165) is 0 Å². The number of aromatic nitrogens is 2. The zero-order valence-corrected chi connectivity index (χ0v) is 11.9. The number of nitrogens with zero attached hydrogens (tertiary/aromatic N) is 3. The molecule has 0 unspecified atom stereocenters. The van der Waals surface area contributed by atoms with Gasteiger partial charge in [0.1, 0.15) is 17.9 Å². The fourth-order valence-corrected chi connectivity index (χ4v) is 1.82. The zero-order chi connectivity index (χ0) is 15.2. The first kappa shape index (κ1) is 14.6. The number of benzene rings is 1. The van der Waals surface area contributed by atoms with E-state index in [2.05, 4.69) is 5.10 Å². The molecular formula is C15H15N3O3. The molecule has 2 rings (SSSR count). The molecule has 0 saturated heterocycles. The fraction of sp³-hybridized carbons (Fsp3) is 0.267. The highest BCUT2D eigenvalue weighted by molar-refractivity contribution is 5.90. The number of ether oxygens (including phenoxy) is 2. The first-order valence-electron chi connectivity index (χ1n) is 6.46. The van der Waals surface area contributed by atoms with Gasteiger partial charge in [0, 0.05) is 7.05 Å². The Bertz CT molecular complexity index is 686. The summed E-state index contributed by atoms with van der Waals surface area (Å²) >= 11 is 0. The van der Waals surface area contributed by atoms with Crippen LogP contribution in [0.3, 0.4) is 0 Å². The van der Waals surface area contributed by atoms with E-state index in [1.807, 2.05) is 6.07 Å². The monoisotopic (exact) mass is 285 g/mol. The molecule has 21 heavy (non-hydrogen) atoms. The van der Waals surface area contributed by atoms with Crippen molar-refractivity contribution in [3.05, 3.63) is 47.3 Å². The summed E-state index contributed by atoms with van der Waals surface area (Å²) in [5.41, 5.74) is 1.52. The van der Waals surface area contributed by atoms with Crippen LogP contribution in [0.4, 0.5) is 0 Å². The Morgan fingerprint density at radius 3 is 3.00 bits per heavy atom. The molecule has 0 aliphatic heterocycles. The Labute approximate surface area is 122 Å². The van der Waals surface area contributed by atoms with E-state index in [9.17, 15) is 4.79 Å². The van der Waals surface area contributed by atoms with Gasteiger partial charge in [-0.2, -0.15) is 10.4 Å². The van der Waals surface area contributed by atoms with Crippen LogP contribution in [0, 0.1) is 11.3 Å². The molecule has 0 fully saturated rings. The van der Waals surface area contributed by atoms with Crippen LogP contribution in [0.15, 0.2) is 30.5 Å². The Morgan fingerprint density at radius 2 is 2.29 bits per heavy atom. The highest BCUT2D eigenvalue weighted by Crippen LogP contribution is 2.16. The van der Waals surface area contributed by atoms with E-state index in [1.165, 1.54) is 6.20 Å². The van der Waals surface area contributed by atoms with Crippen LogP contribution in [0.1, 0.15) is 28.5 Å². The molecule has 108 valence electrons. The highest BCUT2D eigenvalue weighted by atomic mass is 16.5. The van der Waals surface area contributed by atoms with E-state index in [4.69, 9.17) is 14.7 Å². The van der Waals surface area contributed by atoms with Gasteiger partial charge in [-0.25, -0.2) is 4.79 Å². The molecule has 0 aliphatic rings. The molecular weight excluding hydrogens is 270 g/mol. The highest BCUT2D eigenvalue weighted by Gasteiger charge is 2.17. The second kappa shape index (κ2) is 6.57. The van der Waals surface area contributed by atoms with Crippen LogP contribution in [0.5, 0.6) is 5.75 Å². The molecule has 1 aromatic heterocycles. The maximum atomic E-state index is 11.8. The van der Waals surface area contributed by atoms with Crippen molar-refractivity contribution in [2.24, 2.45) is 7.05 Å². The Morgan fingerprint density at radius 1 is 1.48 bits per heavy atom. The lowest BCUT2D eigenvalue weighted by Crippen LogP contribution is -2.11. The number of esters is 1. The van der Waals surface area contributed by atoms with Crippen molar-refractivity contribution in [1.82, 2.24) is 9.78 Å². The molecule has 0 aliphatic carbocycles. The van der Waals surface area contributed by atoms with Gasteiger partial charge in [0.05, 0.1) is 30.1 Å².